The largest absolute Gasteiger partial charge is 0.373 e. The van der Waals surface area contributed by atoms with Crippen LogP contribution in [0.15, 0.2) is 0 Å². The monoisotopic (exact) mass is 223 g/mol. The number of nitrogens with one attached hydrogen (secondary N) is 1. The van der Waals surface area contributed by atoms with Gasteiger partial charge in [-0.15, -0.1) is 0 Å². The third-order valence-electron chi connectivity index (χ3n) is 5.41. The molecule has 4 fully saturated rings. The predicted octanol–water partition coefficient (Wildman–Crippen LogP) is 2.58. The normalized spacial score (nSPS) is 46.1. The zero-order valence-corrected chi connectivity index (χ0v) is 10.7. The van der Waals surface area contributed by atoms with E-state index in [1.807, 2.05) is 0 Å². The molecule has 4 rings (SSSR count). The van der Waals surface area contributed by atoms with Crippen LogP contribution in [0.1, 0.15) is 46.0 Å². The van der Waals surface area contributed by atoms with E-state index in [4.69, 9.17) is 4.74 Å². The van der Waals surface area contributed by atoms with Gasteiger partial charge in [-0.25, -0.2) is 0 Å². The predicted molar refractivity (Wildman–Crippen MR) is 65.4 cm³/mol. The molecule has 1 heterocycles. The Hall–Kier alpha value is -0.0800. The molecule has 16 heavy (non-hydrogen) atoms. The van der Waals surface area contributed by atoms with Crippen LogP contribution >= 0.6 is 0 Å². The molecule has 2 heteroatoms. The van der Waals surface area contributed by atoms with Gasteiger partial charge in [0.2, 0.25) is 0 Å². The van der Waals surface area contributed by atoms with Crippen molar-refractivity contribution in [3.8, 4) is 0 Å². The summed E-state index contributed by atoms with van der Waals surface area (Å²) in [7, 11) is 0. The maximum absolute atomic E-state index is 6.36. The van der Waals surface area contributed by atoms with Crippen LogP contribution < -0.4 is 5.32 Å². The average Bonchev–Trinajstić information content (AvgIpc) is 2.30. The van der Waals surface area contributed by atoms with Crippen molar-refractivity contribution in [1.29, 1.82) is 0 Å². The molecular weight excluding hydrogens is 198 g/mol. The molecule has 3 saturated carbocycles. The lowest BCUT2D eigenvalue weighted by Crippen LogP contribution is -2.56. The van der Waals surface area contributed by atoms with E-state index in [0.29, 0.717) is 17.6 Å². The molecule has 1 saturated heterocycles. The Kier molecular flexibility index (Phi) is 2.75. The zero-order valence-electron chi connectivity index (χ0n) is 10.7. The fraction of sp³-hybridized carbons (Fsp3) is 1.00. The molecule has 92 valence electrons. The molecule has 4 aliphatic rings. The topological polar surface area (TPSA) is 21.3 Å². The van der Waals surface area contributed by atoms with Crippen LogP contribution in [0.25, 0.3) is 0 Å². The lowest BCUT2D eigenvalue weighted by atomic mass is 9.48. The minimum atomic E-state index is 0.492. The molecule has 0 spiro atoms. The summed E-state index contributed by atoms with van der Waals surface area (Å²) >= 11 is 0. The highest BCUT2D eigenvalue weighted by molar-refractivity contribution is 5.04. The van der Waals surface area contributed by atoms with Gasteiger partial charge in [-0.3, -0.25) is 0 Å². The second-order valence-electron chi connectivity index (χ2n) is 6.58. The Morgan fingerprint density at radius 3 is 2.69 bits per heavy atom. The average molecular weight is 223 g/mol. The minimum Gasteiger partial charge on any atom is -0.373 e. The van der Waals surface area contributed by atoms with Gasteiger partial charge in [-0.05, 0) is 55.9 Å². The van der Waals surface area contributed by atoms with Crippen molar-refractivity contribution >= 4 is 0 Å². The van der Waals surface area contributed by atoms with Gasteiger partial charge in [-0.1, -0.05) is 13.8 Å². The number of hydrogen-bond acceptors (Lipinski definition) is 2. The highest BCUT2D eigenvalue weighted by atomic mass is 16.5. The van der Waals surface area contributed by atoms with Gasteiger partial charge < -0.3 is 10.1 Å². The summed E-state index contributed by atoms with van der Waals surface area (Å²) in [5, 5.41) is 3.45. The van der Waals surface area contributed by atoms with Gasteiger partial charge in [0.25, 0.3) is 0 Å². The lowest BCUT2D eigenvalue weighted by molar-refractivity contribution is -0.181. The van der Waals surface area contributed by atoms with Crippen LogP contribution in [-0.4, -0.2) is 25.3 Å². The number of piperidine rings is 1. The summed E-state index contributed by atoms with van der Waals surface area (Å²) in [5.41, 5.74) is 0.561. The van der Waals surface area contributed by atoms with Gasteiger partial charge in [0, 0.05) is 6.54 Å². The molecular formula is C14H25NO. The molecule has 0 radical (unpaired) electrons. The van der Waals surface area contributed by atoms with E-state index in [-0.39, 0.29) is 0 Å². The molecule has 0 aromatic rings. The summed E-state index contributed by atoms with van der Waals surface area (Å²) in [5.74, 6) is 1.83. The van der Waals surface area contributed by atoms with Gasteiger partial charge in [0.15, 0.2) is 0 Å². The van der Waals surface area contributed by atoms with Crippen LogP contribution in [0.2, 0.25) is 0 Å². The molecule has 0 amide bonds. The van der Waals surface area contributed by atoms with Crippen molar-refractivity contribution in [2.24, 2.45) is 17.3 Å². The maximum atomic E-state index is 6.36. The van der Waals surface area contributed by atoms with Crippen LogP contribution in [0, 0.1) is 17.3 Å². The third-order valence-corrected chi connectivity index (χ3v) is 5.41. The highest BCUT2D eigenvalue weighted by Crippen LogP contribution is 2.59. The van der Waals surface area contributed by atoms with Crippen molar-refractivity contribution in [2.45, 2.75) is 58.2 Å². The molecule has 1 aliphatic heterocycles. The van der Waals surface area contributed by atoms with E-state index in [1.165, 1.54) is 38.6 Å². The Labute approximate surface area is 99.1 Å². The number of hydrogen-bond donors (Lipinski definition) is 1. The fourth-order valence-corrected chi connectivity index (χ4v) is 4.09. The first kappa shape index (κ1) is 11.0. The van der Waals surface area contributed by atoms with E-state index in [2.05, 4.69) is 19.2 Å². The summed E-state index contributed by atoms with van der Waals surface area (Å²) < 4.78 is 6.36. The number of rotatable bonds is 2. The van der Waals surface area contributed by atoms with Crippen LogP contribution in [0.4, 0.5) is 0 Å². The third kappa shape index (κ3) is 1.70. The molecule has 0 aromatic carbocycles. The smallest absolute Gasteiger partial charge is 0.0703 e. The van der Waals surface area contributed by atoms with Gasteiger partial charge in [-0.2, -0.15) is 0 Å². The van der Waals surface area contributed by atoms with E-state index in [9.17, 15) is 0 Å². The zero-order chi connectivity index (χ0) is 11.2. The standard InChI is InChI=1S/C14H25NO/c1-14(2)10-5-6-13(12(14)8-10)16-11-4-3-7-15-9-11/h10-13,15H,3-9H2,1-2H3. The molecule has 2 nitrogen and oxygen atoms in total. The first-order valence-corrected chi connectivity index (χ1v) is 7.04. The molecule has 4 unspecified atom stereocenters. The van der Waals surface area contributed by atoms with Crippen LogP contribution in [0.3, 0.4) is 0 Å². The molecule has 4 atom stereocenters. The summed E-state index contributed by atoms with van der Waals surface area (Å²) in [4.78, 5) is 0. The van der Waals surface area contributed by atoms with Crippen LogP contribution in [0.5, 0.6) is 0 Å². The SMILES string of the molecule is CC1(C)C2CCC(OC3CCCNC3)C1C2. The molecule has 1 N–H and O–H groups in total. The van der Waals surface area contributed by atoms with Crippen molar-refractivity contribution < 1.29 is 4.74 Å². The first-order chi connectivity index (χ1) is 7.68. The van der Waals surface area contributed by atoms with Crippen molar-refractivity contribution in [2.75, 3.05) is 13.1 Å². The first-order valence-electron chi connectivity index (χ1n) is 7.04. The molecule has 2 bridgehead atoms. The summed E-state index contributed by atoms with van der Waals surface area (Å²) in [6, 6.07) is 0. The quantitative estimate of drug-likeness (QED) is 0.777. The summed E-state index contributed by atoms with van der Waals surface area (Å²) in [6.45, 7) is 7.15. The van der Waals surface area contributed by atoms with Gasteiger partial charge in [0.1, 0.15) is 0 Å². The Morgan fingerprint density at radius 1 is 1.19 bits per heavy atom. The van der Waals surface area contributed by atoms with E-state index in [0.717, 1.165) is 18.4 Å². The van der Waals surface area contributed by atoms with E-state index < -0.39 is 0 Å². The van der Waals surface area contributed by atoms with E-state index in [1.54, 1.807) is 0 Å². The molecule has 3 aliphatic carbocycles. The number of fused-ring (bicyclic) bond motifs is 2. The lowest BCUT2D eigenvalue weighted by Gasteiger charge is -2.60. The van der Waals surface area contributed by atoms with Crippen molar-refractivity contribution in [3.05, 3.63) is 0 Å². The molecule has 0 aromatic heterocycles. The Bertz CT molecular complexity index is 255. The highest BCUT2D eigenvalue weighted by Gasteiger charge is 2.55. The second kappa shape index (κ2) is 3.99. The number of ether oxygens (including phenoxy) is 1. The Balaban J connectivity index is 1.58. The fourth-order valence-electron chi connectivity index (χ4n) is 4.09. The maximum Gasteiger partial charge on any atom is 0.0703 e. The van der Waals surface area contributed by atoms with Gasteiger partial charge in [0.05, 0.1) is 12.2 Å². The minimum absolute atomic E-state index is 0.492. The van der Waals surface area contributed by atoms with E-state index >= 15 is 0 Å². The van der Waals surface area contributed by atoms with Crippen molar-refractivity contribution in [1.82, 2.24) is 5.32 Å². The van der Waals surface area contributed by atoms with Crippen molar-refractivity contribution in [3.63, 3.8) is 0 Å². The van der Waals surface area contributed by atoms with Crippen LogP contribution in [-0.2, 0) is 4.74 Å². The second-order valence-corrected chi connectivity index (χ2v) is 6.58. The summed E-state index contributed by atoms with van der Waals surface area (Å²) in [6.07, 6.45) is 7.74. The Morgan fingerprint density at radius 2 is 2.06 bits per heavy atom. The van der Waals surface area contributed by atoms with Gasteiger partial charge >= 0.3 is 0 Å².